The number of halogens is 1. The molecule has 5 heteroatoms. The highest BCUT2D eigenvalue weighted by molar-refractivity contribution is 5.85. The molecule has 0 bridgehead atoms. The summed E-state index contributed by atoms with van der Waals surface area (Å²) >= 11 is 0. The van der Waals surface area contributed by atoms with Crippen molar-refractivity contribution in [1.29, 1.82) is 0 Å². The predicted molar refractivity (Wildman–Crippen MR) is 85.7 cm³/mol. The topological polar surface area (TPSA) is 41.6 Å². The number of hydrogen-bond donors (Lipinski definition) is 1. The Labute approximate surface area is 134 Å². The number of ether oxygens (including phenoxy) is 1. The van der Waals surface area contributed by atoms with E-state index in [1.54, 1.807) is 0 Å². The molecule has 1 spiro atoms. The molecular weight excluding hydrogens is 288 g/mol. The number of hydrogen-bond acceptors (Lipinski definition) is 3. The first-order chi connectivity index (χ1) is 9.69. The van der Waals surface area contributed by atoms with Gasteiger partial charge in [0.2, 0.25) is 5.91 Å². The lowest BCUT2D eigenvalue weighted by Crippen LogP contribution is -2.67. The SMILES string of the molecule is CCOC1CC(N(C)C(=O)C2CNC2)C12CCCCC2.Cl. The van der Waals surface area contributed by atoms with E-state index in [-0.39, 0.29) is 23.7 Å². The minimum absolute atomic E-state index is 0. The molecule has 2 unspecified atom stereocenters. The fourth-order valence-corrected chi connectivity index (χ4v) is 4.48. The first-order valence-corrected chi connectivity index (χ1v) is 8.28. The smallest absolute Gasteiger partial charge is 0.228 e. The number of nitrogens with one attached hydrogen (secondary N) is 1. The zero-order valence-electron chi connectivity index (χ0n) is 13.3. The van der Waals surface area contributed by atoms with E-state index in [0.717, 1.165) is 26.1 Å². The van der Waals surface area contributed by atoms with Crippen LogP contribution >= 0.6 is 12.4 Å². The van der Waals surface area contributed by atoms with Gasteiger partial charge >= 0.3 is 0 Å². The maximum atomic E-state index is 12.5. The van der Waals surface area contributed by atoms with Gasteiger partial charge in [0.1, 0.15) is 0 Å². The van der Waals surface area contributed by atoms with Crippen molar-refractivity contribution in [2.75, 3.05) is 26.7 Å². The third-order valence-electron chi connectivity index (χ3n) is 5.84. The highest BCUT2D eigenvalue weighted by Gasteiger charge is 2.58. The first-order valence-electron chi connectivity index (χ1n) is 8.28. The largest absolute Gasteiger partial charge is 0.378 e. The number of nitrogens with zero attached hydrogens (tertiary/aromatic N) is 1. The molecule has 3 rings (SSSR count). The summed E-state index contributed by atoms with van der Waals surface area (Å²) in [6.07, 6.45) is 7.84. The maximum Gasteiger partial charge on any atom is 0.228 e. The Morgan fingerprint density at radius 2 is 1.95 bits per heavy atom. The van der Waals surface area contributed by atoms with E-state index in [1.807, 2.05) is 7.05 Å². The van der Waals surface area contributed by atoms with Crippen molar-refractivity contribution < 1.29 is 9.53 Å². The Morgan fingerprint density at radius 3 is 2.48 bits per heavy atom. The lowest BCUT2D eigenvalue weighted by atomic mass is 9.54. The molecular formula is C16H29ClN2O2. The molecule has 1 heterocycles. The van der Waals surface area contributed by atoms with E-state index in [9.17, 15) is 4.79 Å². The fraction of sp³-hybridized carbons (Fsp3) is 0.938. The predicted octanol–water partition coefficient (Wildman–Crippen LogP) is 2.21. The van der Waals surface area contributed by atoms with Gasteiger partial charge in [-0.05, 0) is 26.2 Å². The van der Waals surface area contributed by atoms with Crippen molar-refractivity contribution in [3.8, 4) is 0 Å². The summed E-state index contributed by atoms with van der Waals surface area (Å²) in [4.78, 5) is 14.6. The Morgan fingerprint density at radius 1 is 1.29 bits per heavy atom. The molecule has 0 radical (unpaired) electrons. The van der Waals surface area contributed by atoms with Gasteiger partial charge in [-0.3, -0.25) is 4.79 Å². The second-order valence-corrected chi connectivity index (χ2v) is 6.79. The van der Waals surface area contributed by atoms with Crippen molar-refractivity contribution in [1.82, 2.24) is 10.2 Å². The van der Waals surface area contributed by atoms with Crippen LogP contribution in [0.1, 0.15) is 45.4 Å². The van der Waals surface area contributed by atoms with E-state index < -0.39 is 0 Å². The Kier molecular flexibility index (Phi) is 5.55. The second kappa shape index (κ2) is 6.84. The standard InChI is InChI=1S/C16H28N2O2.ClH/c1-3-20-14-9-13(16(14)7-5-4-6-8-16)18(2)15(19)12-10-17-11-12;/h12-14,17H,3-11H2,1-2H3;1H. The van der Waals surface area contributed by atoms with Crippen LogP contribution in [-0.2, 0) is 9.53 Å². The van der Waals surface area contributed by atoms with Crippen molar-refractivity contribution in [2.45, 2.75) is 57.6 Å². The third kappa shape index (κ3) is 2.82. The van der Waals surface area contributed by atoms with E-state index in [2.05, 4.69) is 17.1 Å². The lowest BCUT2D eigenvalue weighted by Gasteiger charge is -2.60. The van der Waals surface area contributed by atoms with E-state index in [0.29, 0.717) is 18.1 Å². The molecule has 1 aliphatic heterocycles. The van der Waals surface area contributed by atoms with Gasteiger partial charge in [0, 0.05) is 38.2 Å². The summed E-state index contributed by atoms with van der Waals surface area (Å²) in [5.41, 5.74) is 0.260. The van der Waals surface area contributed by atoms with Crippen LogP contribution in [0.4, 0.5) is 0 Å². The Balaban J connectivity index is 0.00000161. The van der Waals surface area contributed by atoms with Gasteiger partial charge in [0.05, 0.1) is 12.0 Å². The monoisotopic (exact) mass is 316 g/mol. The molecule has 4 nitrogen and oxygen atoms in total. The molecule has 1 amide bonds. The average Bonchev–Trinajstić information content (AvgIpc) is 2.41. The number of carbonyl (C=O) groups excluding carboxylic acids is 1. The molecule has 1 N–H and O–H groups in total. The minimum Gasteiger partial charge on any atom is -0.378 e. The van der Waals surface area contributed by atoms with Crippen LogP contribution in [0.15, 0.2) is 0 Å². The van der Waals surface area contributed by atoms with Gasteiger partial charge < -0.3 is 15.0 Å². The van der Waals surface area contributed by atoms with Crippen molar-refractivity contribution in [3.63, 3.8) is 0 Å². The molecule has 2 aliphatic carbocycles. The maximum absolute atomic E-state index is 12.5. The summed E-state index contributed by atoms with van der Waals surface area (Å²) < 4.78 is 5.98. The summed E-state index contributed by atoms with van der Waals surface area (Å²) in [6.45, 7) is 4.59. The van der Waals surface area contributed by atoms with Crippen LogP contribution in [0.5, 0.6) is 0 Å². The molecule has 122 valence electrons. The van der Waals surface area contributed by atoms with Crippen LogP contribution in [0, 0.1) is 11.3 Å². The van der Waals surface area contributed by atoms with Crippen molar-refractivity contribution >= 4 is 18.3 Å². The molecule has 3 fully saturated rings. The van der Waals surface area contributed by atoms with E-state index in [1.165, 1.54) is 32.1 Å². The summed E-state index contributed by atoms with van der Waals surface area (Å²) in [7, 11) is 2.02. The number of rotatable bonds is 4. The van der Waals surface area contributed by atoms with Gasteiger partial charge in [-0.15, -0.1) is 12.4 Å². The molecule has 0 aromatic carbocycles. The molecule has 3 aliphatic rings. The van der Waals surface area contributed by atoms with Gasteiger partial charge in [0.25, 0.3) is 0 Å². The zero-order valence-corrected chi connectivity index (χ0v) is 14.1. The molecule has 1 saturated heterocycles. The van der Waals surface area contributed by atoms with Gasteiger partial charge in [-0.25, -0.2) is 0 Å². The minimum atomic E-state index is 0. The zero-order chi connectivity index (χ0) is 14.2. The van der Waals surface area contributed by atoms with Crippen LogP contribution in [0.3, 0.4) is 0 Å². The molecule has 2 saturated carbocycles. The second-order valence-electron chi connectivity index (χ2n) is 6.79. The Hall–Kier alpha value is -0.320. The molecule has 2 atom stereocenters. The number of amides is 1. The lowest BCUT2D eigenvalue weighted by molar-refractivity contribution is -0.187. The summed E-state index contributed by atoms with van der Waals surface area (Å²) in [6, 6.07) is 0.410. The normalized spacial score (nSPS) is 31.0. The van der Waals surface area contributed by atoms with E-state index in [4.69, 9.17) is 4.74 Å². The average molecular weight is 317 g/mol. The quantitative estimate of drug-likeness (QED) is 0.864. The summed E-state index contributed by atoms with van der Waals surface area (Å²) in [5.74, 6) is 0.556. The third-order valence-corrected chi connectivity index (χ3v) is 5.84. The van der Waals surface area contributed by atoms with Crippen LogP contribution in [-0.4, -0.2) is 49.7 Å². The van der Waals surface area contributed by atoms with Crippen molar-refractivity contribution in [2.24, 2.45) is 11.3 Å². The van der Waals surface area contributed by atoms with E-state index >= 15 is 0 Å². The number of carbonyl (C=O) groups is 1. The van der Waals surface area contributed by atoms with Crippen LogP contribution in [0.2, 0.25) is 0 Å². The van der Waals surface area contributed by atoms with Crippen LogP contribution in [0.25, 0.3) is 0 Å². The summed E-state index contributed by atoms with van der Waals surface area (Å²) in [5, 5.41) is 3.20. The van der Waals surface area contributed by atoms with Crippen molar-refractivity contribution in [3.05, 3.63) is 0 Å². The van der Waals surface area contributed by atoms with Gasteiger partial charge in [0.15, 0.2) is 0 Å². The molecule has 21 heavy (non-hydrogen) atoms. The van der Waals surface area contributed by atoms with Gasteiger partial charge in [-0.2, -0.15) is 0 Å². The first kappa shape index (κ1) is 17.0. The van der Waals surface area contributed by atoms with Gasteiger partial charge in [-0.1, -0.05) is 19.3 Å². The Bertz CT molecular complexity index is 367. The van der Waals surface area contributed by atoms with Crippen LogP contribution < -0.4 is 5.32 Å². The molecule has 0 aromatic heterocycles. The highest BCUT2D eigenvalue weighted by Crippen LogP contribution is 2.55. The fourth-order valence-electron chi connectivity index (χ4n) is 4.48. The highest BCUT2D eigenvalue weighted by atomic mass is 35.5. The molecule has 0 aromatic rings.